The molecule has 1 saturated carbocycles. The highest BCUT2D eigenvalue weighted by Crippen LogP contribution is 2.36. The Balaban J connectivity index is 1.55. The second kappa shape index (κ2) is 9.84. The molecule has 0 aromatic heterocycles. The van der Waals surface area contributed by atoms with Gasteiger partial charge in [-0.2, -0.15) is 0 Å². The van der Waals surface area contributed by atoms with Crippen LogP contribution >= 0.6 is 0 Å². The highest BCUT2D eigenvalue weighted by atomic mass is 16.3. The molecule has 7 heteroatoms. The number of benzene rings is 1. The van der Waals surface area contributed by atoms with Crippen LogP contribution in [-0.2, 0) is 4.79 Å². The number of anilines is 1. The maximum absolute atomic E-state index is 13.6. The predicted molar refractivity (Wildman–Crippen MR) is 127 cm³/mol. The van der Waals surface area contributed by atoms with Gasteiger partial charge in [0.05, 0.1) is 34.9 Å². The van der Waals surface area contributed by atoms with Gasteiger partial charge in [-0.1, -0.05) is 38.2 Å². The van der Waals surface area contributed by atoms with E-state index >= 15 is 0 Å². The molecule has 2 aliphatic heterocycles. The Labute approximate surface area is 196 Å². The first-order valence-corrected chi connectivity index (χ1v) is 12.5. The molecule has 3 aliphatic rings. The smallest absolute Gasteiger partial charge is 0.263 e. The van der Waals surface area contributed by atoms with Crippen molar-refractivity contribution >= 4 is 23.4 Å². The number of carbonyl (C=O) groups excluding carboxylic acids is 3. The summed E-state index contributed by atoms with van der Waals surface area (Å²) in [6.45, 7) is 4.70. The second-order valence-corrected chi connectivity index (χ2v) is 10.5. The summed E-state index contributed by atoms with van der Waals surface area (Å²) in [6.07, 6.45) is 9.02. The molecule has 2 heterocycles. The van der Waals surface area contributed by atoms with Crippen LogP contribution in [0.3, 0.4) is 0 Å². The van der Waals surface area contributed by atoms with E-state index in [1.165, 1.54) is 11.3 Å². The number of fused-ring (bicyclic) bond motifs is 1. The lowest BCUT2D eigenvalue weighted by molar-refractivity contribution is -0.127. The third-order valence-electron chi connectivity index (χ3n) is 7.35. The average molecular weight is 456 g/mol. The lowest BCUT2D eigenvalue weighted by Crippen LogP contribution is -2.51. The van der Waals surface area contributed by atoms with Crippen LogP contribution in [0.5, 0.6) is 0 Å². The molecule has 0 radical (unpaired) electrons. The summed E-state index contributed by atoms with van der Waals surface area (Å²) in [5.41, 5.74) is 1.08. The Morgan fingerprint density at radius 1 is 1.03 bits per heavy atom. The van der Waals surface area contributed by atoms with E-state index < -0.39 is 5.54 Å². The molecule has 1 aliphatic carbocycles. The zero-order valence-electron chi connectivity index (χ0n) is 19.9. The number of nitrogens with one attached hydrogen (secondary N) is 1. The molecule has 1 aromatic carbocycles. The molecule has 0 unspecified atom stereocenters. The fourth-order valence-corrected chi connectivity index (χ4v) is 5.46. The summed E-state index contributed by atoms with van der Waals surface area (Å²) in [4.78, 5) is 43.3. The largest absolute Gasteiger partial charge is 0.394 e. The van der Waals surface area contributed by atoms with E-state index in [9.17, 15) is 19.5 Å². The number of aliphatic hydroxyl groups is 1. The van der Waals surface area contributed by atoms with Crippen LogP contribution in [0, 0.1) is 5.92 Å². The van der Waals surface area contributed by atoms with Crippen LogP contribution < -0.4 is 10.2 Å². The monoisotopic (exact) mass is 455 g/mol. The van der Waals surface area contributed by atoms with E-state index in [1.807, 2.05) is 12.1 Å². The van der Waals surface area contributed by atoms with E-state index in [4.69, 9.17) is 0 Å². The van der Waals surface area contributed by atoms with Gasteiger partial charge in [-0.15, -0.1) is 0 Å². The fourth-order valence-electron chi connectivity index (χ4n) is 5.46. The van der Waals surface area contributed by atoms with Crippen molar-refractivity contribution in [2.24, 2.45) is 5.92 Å². The summed E-state index contributed by atoms with van der Waals surface area (Å²) in [7, 11) is 0. The fraction of sp³-hybridized carbons (Fsp3) is 0.654. The van der Waals surface area contributed by atoms with Gasteiger partial charge < -0.3 is 15.3 Å². The molecule has 2 N–H and O–H groups in total. The lowest BCUT2D eigenvalue weighted by Gasteiger charge is -2.36. The number of hydrogen-bond acceptors (Lipinski definition) is 5. The van der Waals surface area contributed by atoms with Crippen molar-refractivity contribution in [3.8, 4) is 0 Å². The van der Waals surface area contributed by atoms with E-state index in [0.29, 0.717) is 17.7 Å². The van der Waals surface area contributed by atoms with E-state index in [-0.39, 0.29) is 36.3 Å². The van der Waals surface area contributed by atoms with Gasteiger partial charge in [0.1, 0.15) is 0 Å². The minimum absolute atomic E-state index is 0.0221. The number of imide groups is 1. The topological polar surface area (TPSA) is 89.9 Å². The standard InChI is InChI=1S/C26H37N3O4/c1-26(2,17-30)27-23(31)18-10-9-15-28(16-18)21-14-8-13-20-22(21)25(33)29(24(20)32)19-11-6-4-3-5-7-12-19/h8,13-14,18-19,30H,3-7,9-12,15-17H2,1-2H3,(H,27,31)/t18-/m0/s1. The number of hydrogen-bond donors (Lipinski definition) is 2. The SMILES string of the molecule is CC(C)(CO)NC(=O)[C@H]1CCCN(c2cccc3c2C(=O)N(C2CCCCCCC2)C3=O)C1. The maximum atomic E-state index is 13.6. The van der Waals surface area contributed by atoms with Gasteiger partial charge >= 0.3 is 0 Å². The highest BCUT2D eigenvalue weighted by Gasteiger charge is 2.42. The van der Waals surface area contributed by atoms with Gasteiger partial charge in [-0.05, 0) is 51.7 Å². The van der Waals surface area contributed by atoms with E-state index in [2.05, 4.69) is 10.2 Å². The lowest BCUT2D eigenvalue weighted by atomic mass is 9.94. The quantitative estimate of drug-likeness (QED) is 0.664. The number of carbonyl (C=O) groups is 3. The average Bonchev–Trinajstić information content (AvgIpc) is 3.04. The summed E-state index contributed by atoms with van der Waals surface area (Å²) >= 11 is 0. The van der Waals surface area contributed by atoms with Crippen LogP contribution in [0.1, 0.15) is 92.4 Å². The Morgan fingerprint density at radius 2 is 1.73 bits per heavy atom. The van der Waals surface area contributed by atoms with Crippen LogP contribution in [0.2, 0.25) is 0 Å². The molecule has 1 atom stereocenters. The van der Waals surface area contributed by atoms with Gasteiger partial charge in [0.25, 0.3) is 11.8 Å². The van der Waals surface area contributed by atoms with Crippen LogP contribution in [0.15, 0.2) is 18.2 Å². The Hall–Kier alpha value is -2.41. The van der Waals surface area contributed by atoms with Crippen LogP contribution in [0.25, 0.3) is 0 Å². The molecular weight excluding hydrogens is 418 g/mol. The zero-order chi connectivity index (χ0) is 23.6. The first-order chi connectivity index (χ1) is 15.8. The third kappa shape index (κ3) is 4.93. The zero-order valence-corrected chi connectivity index (χ0v) is 19.9. The van der Waals surface area contributed by atoms with Crippen LogP contribution in [-0.4, -0.2) is 59.0 Å². The summed E-state index contributed by atoms with van der Waals surface area (Å²) in [5.74, 6) is -0.651. The van der Waals surface area contributed by atoms with Crippen LogP contribution in [0.4, 0.5) is 5.69 Å². The molecule has 180 valence electrons. The van der Waals surface area contributed by atoms with Crippen molar-refractivity contribution < 1.29 is 19.5 Å². The van der Waals surface area contributed by atoms with Crippen molar-refractivity contribution in [1.29, 1.82) is 0 Å². The third-order valence-corrected chi connectivity index (χ3v) is 7.35. The van der Waals surface area contributed by atoms with Gasteiger partial charge in [0, 0.05) is 19.1 Å². The predicted octanol–water partition coefficient (Wildman–Crippen LogP) is 3.50. The van der Waals surface area contributed by atoms with Crippen molar-refractivity contribution in [3.05, 3.63) is 29.3 Å². The summed E-state index contributed by atoms with van der Waals surface area (Å²) in [5, 5.41) is 12.4. The molecule has 0 bridgehead atoms. The highest BCUT2D eigenvalue weighted by molar-refractivity contribution is 6.24. The first-order valence-electron chi connectivity index (χ1n) is 12.5. The molecule has 33 heavy (non-hydrogen) atoms. The Morgan fingerprint density at radius 3 is 2.42 bits per heavy atom. The maximum Gasteiger partial charge on any atom is 0.263 e. The summed E-state index contributed by atoms with van der Waals surface area (Å²) in [6, 6.07) is 5.49. The van der Waals surface area contributed by atoms with Gasteiger partial charge in [-0.3, -0.25) is 19.3 Å². The molecular formula is C26H37N3O4. The number of piperidine rings is 1. The van der Waals surface area contributed by atoms with Crippen molar-refractivity contribution in [3.63, 3.8) is 0 Å². The van der Waals surface area contributed by atoms with E-state index in [1.54, 1.807) is 19.9 Å². The number of amides is 3. The van der Waals surface area contributed by atoms with Gasteiger partial charge in [0.15, 0.2) is 0 Å². The molecule has 1 saturated heterocycles. The number of rotatable bonds is 5. The summed E-state index contributed by atoms with van der Waals surface area (Å²) < 4.78 is 0. The first kappa shape index (κ1) is 23.7. The van der Waals surface area contributed by atoms with Gasteiger partial charge in [0.2, 0.25) is 5.91 Å². The molecule has 3 amide bonds. The Kier molecular flexibility index (Phi) is 7.07. The van der Waals surface area contributed by atoms with E-state index in [0.717, 1.165) is 63.6 Å². The molecule has 1 aromatic rings. The molecule has 7 nitrogen and oxygen atoms in total. The second-order valence-electron chi connectivity index (χ2n) is 10.5. The minimum Gasteiger partial charge on any atom is -0.394 e. The molecule has 4 rings (SSSR count). The number of nitrogens with zero attached hydrogens (tertiary/aromatic N) is 2. The molecule has 2 fully saturated rings. The van der Waals surface area contributed by atoms with Crippen molar-refractivity contribution in [2.45, 2.75) is 83.2 Å². The minimum atomic E-state index is -0.673. The normalized spacial score (nSPS) is 22.7. The van der Waals surface area contributed by atoms with Crippen molar-refractivity contribution in [1.82, 2.24) is 10.2 Å². The van der Waals surface area contributed by atoms with Gasteiger partial charge in [-0.25, -0.2) is 0 Å². The molecule has 0 spiro atoms. The van der Waals surface area contributed by atoms with Crippen molar-refractivity contribution in [2.75, 3.05) is 24.6 Å². The number of aliphatic hydroxyl groups excluding tert-OH is 1. The Bertz CT molecular complexity index is 905.